The summed E-state index contributed by atoms with van der Waals surface area (Å²) >= 11 is 0. The first-order valence-electron chi connectivity index (χ1n) is 0.644. The van der Waals surface area contributed by atoms with Crippen molar-refractivity contribution in [1.82, 2.24) is 0 Å². The minimum atomic E-state index is 0. The molecule has 0 aromatic carbocycles. The standard InChI is InChI=1S/CH5NO.Na.H/c1-3-2;;/h2H2,1H3;;. The van der Waals surface area contributed by atoms with Crippen LogP contribution >= 0.6 is 0 Å². The van der Waals surface area contributed by atoms with Crippen LogP contribution in [-0.4, -0.2) is 36.7 Å². The maximum atomic E-state index is 4.35. The number of hydrogen-bond donors (Lipinski definition) is 1. The van der Waals surface area contributed by atoms with Gasteiger partial charge in [-0.2, -0.15) is 0 Å². The molecule has 4 heavy (non-hydrogen) atoms. The van der Waals surface area contributed by atoms with Gasteiger partial charge in [0, 0.05) is 0 Å². The first-order valence-corrected chi connectivity index (χ1v) is 0.644. The summed E-state index contributed by atoms with van der Waals surface area (Å²) < 4.78 is 0. The normalized spacial score (nSPS) is 4.50. The Morgan fingerprint density at radius 2 is 1.75 bits per heavy atom. The van der Waals surface area contributed by atoms with E-state index < -0.39 is 0 Å². The molecule has 0 saturated heterocycles. The maximum absolute atomic E-state index is 4.35. The van der Waals surface area contributed by atoms with E-state index in [0.29, 0.717) is 0 Å². The van der Waals surface area contributed by atoms with Crippen LogP contribution in [0.25, 0.3) is 0 Å². The first-order chi connectivity index (χ1) is 1.41. The Morgan fingerprint density at radius 3 is 1.75 bits per heavy atom. The van der Waals surface area contributed by atoms with Gasteiger partial charge in [0.05, 0.1) is 7.11 Å². The second kappa shape index (κ2) is 9.07. The third-order valence-electron chi connectivity index (χ3n) is 0. The molecule has 0 radical (unpaired) electrons. The third-order valence-corrected chi connectivity index (χ3v) is 0. The summed E-state index contributed by atoms with van der Waals surface area (Å²) in [6, 6.07) is 0. The first kappa shape index (κ1) is 8.87. The van der Waals surface area contributed by atoms with E-state index in [4.69, 9.17) is 0 Å². The molecule has 0 bridgehead atoms. The molecule has 0 amide bonds. The molecule has 3 heteroatoms. The average Bonchev–Trinajstić information content (AvgIpc) is 0.918. The monoisotopic (exact) mass is 71.0 g/mol. The average molecular weight is 71.1 g/mol. The topological polar surface area (TPSA) is 35.2 Å². The van der Waals surface area contributed by atoms with Gasteiger partial charge >= 0.3 is 29.6 Å². The van der Waals surface area contributed by atoms with Crippen molar-refractivity contribution >= 4 is 29.6 Å². The second-order valence-corrected chi connectivity index (χ2v) is 0.236. The van der Waals surface area contributed by atoms with Gasteiger partial charge in [-0.25, -0.2) is 5.90 Å². The van der Waals surface area contributed by atoms with E-state index in [9.17, 15) is 0 Å². The summed E-state index contributed by atoms with van der Waals surface area (Å²) in [5.74, 6) is 4.35. The van der Waals surface area contributed by atoms with E-state index in [1.54, 1.807) is 0 Å². The molecular weight excluding hydrogens is 65.0 g/mol. The zero-order valence-corrected chi connectivity index (χ0v) is 1.99. The quantitative estimate of drug-likeness (QED) is 0.289. The van der Waals surface area contributed by atoms with E-state index in [-0.39, 0.29) is 29.6 Å². The molecule has 0 rings (SSSR count). The van der Waals surface area contributed by atoms with Gasteiger partial charge in [-0.15, -0.1) is 0 Å². The Balaban J connectivity index is 0. The summed E-state index contributed by atoms with van der Waals surface area (Å²) in [4.78, 5) is 3.75. The molecule has 0 aliphatic carbocycles. The molecule has 0 fully saturated rings. The Kier molecular flexibility index (Phi) is 20.1. The summed E-state index contributed by atoms with van der Waals surface area (Å²) in [7, 11) is 1.40. The van der Waals surface area contributed by atoms with Crippen molar-refractivity contribution in [1.29, 1.82) is 0 Å². The van der Waals surface area contributed by atoms with Gasteiger partial charge < -0.3 is 4.84 Å². The van der Waals surface area contributed by atoms with Crippen molar-refractivity contribution in [2.75, 3.05) is 7.11 Å². The van der Waals surface area contributed by atoms with Gasteiger partial charge in [-0.1, -0.05) is 0 Å². The van der Waals surface area contributed by atoms with Crippen molar-refractivity contribution in [2.45, 2.75) is 0 Å². The zero-order chi connectivity index (χ0) is 2.71. The number of rotatable bonds is 0. The fraction of sp³-hybridized carbons (Fsp3) is 1.00. The van der Waals surface area contributed by atoms with Crippen LogP contribution in [0, 0.1) is 0 Å². The zero-order valence-electron chi connectivity index (χ0n) is 1.99. The SMILES string of the molecule is CON.[NaH]. The van der Waals surface area contributed by atoms with Crippen LogP contribution in [0.1, 0.15) is 0 Å². The molecule has 0 spiro atoms. The summed E-state index contributed by atoms with van der Waals surface area (Å²) in [5.41, 5.74) is 0. The predicted octanol–water partition coefficient (Wildman–Crippen LogP) is -1.14. The van der Waals surface area contributed by atoms with Gasteiger partial charge in [-0.3, -0.25) is 0 Å². The number of hydrogen-bond acceptors (Lipinski definition) is 2. The molecule has 0 atom stereocenters. The van der Waals surface area contributed by atoms with Crippen LogP contribution in [0.4, 0.5) is 0 Å². The molecule has 0 aromatic heterocycles. The van der Waals surface area contributed by atoms with Crippen LogP contribution in [0.5, 0.6) is 0 Å². The van der Waals surface area contributed by atoms with Gasteiger partial charge in [-0.05, 0) is 0 Å². The van der Waals surface area contributed by atoms with E-state index in [1.807, 2.05) is 0 Å². The van der Waals surface area contributed by atoms with Gasteiger partial charge in [0.2, 0.25) is 0 Å². The molecule has 22 valence electrons. The van der Waals surface area contributed by atoms with Crippen LogP contribution < -0.4 is 5.90 Å². The second-order valence-electron chi connectivity index (χ2n) is 0.236. The molecule has 0 saturated carbocycles. The summed E-state index contributed by atoms with van der Waals surface area (Å²) in [5, 5.41) is 0. The molecular formula is CH6NNaO. The summed E-state index contributed by atoms with van der Waals surface area (Å²) in [6.07, 6.45) is 0. The fourth-order valence-corrected chi connectivity index (χ4v) is 0. The Labute approximate surface area is 47.6 Å². The van der Waals surface area contributed by atoms with E-state index in [2.05, 4.69) is 10.7 Å². The molecule has 0 aliphatic rings. The van der Waals surface area contributed by atoms with Crippen molar-refractivity contribution in [3.63, 3.8) is 0 Å². The molecule has 0 aromatic rings. The van der Waals surface area contributed by atoms with E-state index >= 15 is 0 Å². The molecule has 2 nitrogen and oxygen atoms in total. The predicted molar refractivity (Wildman–Crippen MR) is 18.3 cm³/mol. The Bertz CT molecular complexity index is 8.00. The minimum absolute atomic E-state index is 0. The molecule has 0 aliphatic heterocycles. The van der Waals surface area contributed by atoms with E-state index in [0.717, 1.165) is 0 Å². The van der Waals surface area contributed by atoms with Crippen molar-refractivity contribution in [3.8, 4) is 0 Å². The van der Waals surface area contributed by atoms with Gasteiger partial charge in [0.1, 0.15) is 0 Å². The van der Waals surface area contributed by atoms with Crippen molar-refractivity contribution in [2.24, 2.45) is 5.90 Å². The molecule has 0 unspecified atom stereocenters. The van der Waals surface area contributed by atoms with Crippen LogP contribution in [0.2, 0.25) is 0 Å². The van der Waals surface area contributed by atoms with Crippen LogP contribution in [0.15, 0.2) is 0 Å². The van der Waals surface area contributed by atoms with Crippen LogP contribution in [-0.2, 0) is 4.84 Å². The number of nitrogens with two attached hydrogens (primary N) is 1. The molecule has 0 heterocycles. The third kappa shape index (κ3) is 12.7. The van der Waals surface area contributed by atoms with Crippen LogP contribution in [0.3, 0.4) is 0 Å². The van der Waals surface area contributed by atoms with Gasteiger partial charge in [0.15, 0.2) is 0 Å². The molecule has 2 N–H and O–H groups in total. The van der Waals surface area contributed by atoms with Crippen molar-refractivity contribution in [3.05, 3.63) is 0 Å². The Hall–Kier alpha value is 0.920. The van der Waals surface area contributed by atoms with E-state index in [1.165, 1.54) is 7.11 Å². The fourth-order valence-electron chi connectivity index (χ4n) is 0. The van der Waals surface area contributed by atoms with Crippen molar-refractivity contribution < 1.29 is 4.84 Å². The Morgan fingerprint density at radius 1 is 1.75 bits per heavy atom. The van der Waals surface area contributed by atoms with Gasteiger partial charge in [0.25, 0.3) is 0 Å². The summed E-state index contributed by atoms with van der Waals surface area (Å²) in [6.45, 7) is 0.